The molecule has 26 heavy (non-hydrogen) atoms. The summed E-state index contributed by atoms with van der Waals surface area (Å²) in [6.07, 6.45) is 4.97. The predicted molar refractivity (Wildman–Crippen MR) is 102 cm³/mol. The Labute approximate surface area is 154 Å². The molecule has 0 spiro atoms. The van der Waals surface area contributed by atoms with Crippen LogP contribution in [0.4, 0.5) is 0 Å². The van der Waals surface area contributed by atoms with E-state index in [1.165, 1.54) is 0 Å². The molecule has 1 unspecified atom stereocenters. The Hall–Kier alpha value is -2.40. The van der Waals surface area contributed by atoms with Gasteiger partial charge in [-0.1, -0.05) is 61.7 Å². The number of fused-ring (bicyclic) bond motifs is 1. The van der Waals surface area contributed by atoms with Crippen LogP contribution in [0.2, 0.25) is 0 Å². The fourth-order valence-electron chi connectivity index (χ4n) is 3.00. The molecule has 2 aromatic carbocycles. The van der Waals surface area contributed by atoms with Gasteiger partial charge in [-0.25, -0.2) is 4.79 Å². The van der Waals surface area contributed by atoms with E-state index in [9.17, 15) is 14.7 Å². The Morgan fingerprint density at radius 2 is 1.62 bits per heavy atom. The molecule has 5 heteroatoms. The van der Waals surface area contributed by atoms with Crippen LogP contribution in [-0.2, 0) is 16.0 Å². The van der Waals surface area contributed by atoms with Crippen LogP contribution in [0.1, 0.15) is 44.1 Å². The number of amides is 1. The third-order valence-electron chi connectivity index (χ3n) is 4.45. The highest BCUT2D eigenvalue weighted by Gasteiger charge is 2.20. The molecule has 3 N–H and O–H groups in total. The van der Waals surface area contributed by atoms with Crippen molar-refractivity contribution in [2.24, 2.45) is 0 Å². The van der Waals surface area contributed by atoms with Gasteiger partial charge in [0.1, 0.15) is 6.04 Å². The van der Waals surface area contributed by atoms with Crippen LogP contribution >= 0.6 is 0 Å². The Kier molecular flexibility index (Phi) is 8.09. The minimum absolute atomic E-state index is 0.204. The number of aliphatic hydroxyl groups excluding tert-OH is 1. The minimum atomic E-state index is -1.02. The van der Waals surface area contributed by atoms with E-state index in [-0.39, 0.29) is 18.9 Å². The fraction of sp³-hybridized carbons (Fsp3) is 0.429. The third-order valence-corrected chi connectivity index (χ3v) is 4.45. The van der Waals surface area contributed by atoms with Crippen LogP contribution in [0, 0.1) is 0 Å². The number of carboxylic acid groups (broad SMARTS) is 1. The number of carboxylic acids is 1. The third kappa shape index (κ3) is 6.48. The quantitative estimate of drug-likeness (QED) is 0.539. The summed E-state index contributed by atoms with van der Waals surface area (Å²) in [6, 6.07) is 12.8. The molecular formula is C21H27NO4. The van der Waals surface area contributed by atoms with Gasteiger partial charge in [0.25, 0.3) is 0 Å². The number of rotatable bonds is 11. The highest BCUT2D eigenvalue weighted by Crippen LogP contribution is 2.17. The number of aliphatic carboxylic acids is 1. The van der Waals surface area contributed by atoms with Crippen molar-refractivity contribution in [3.05, 3.63) is 48.0 Å². The highest BCUT2D eigenvalue weighted by molar-refractivity contribution is 5.85. The first-order chi connectivity index (χ1) is 12.6. The number of unbranched alkanes of at least 4 members (excludes halogenated alkanes) is 4. The van der Waals surface area contributed by atoms with Crippen molar-refractivity contribution >= 4 is 22.6 Å². The zero-order chi connectivity index (χ0) is 18.8. The van der Waals surface area contributed by atoms with Gasteiger partial charge >= 0.3 is 5.97 Å². The molecule has 1 amide bonds. The second-order valence-corrected chi connectivity index (χ2v) is 6.59. The van der Waals surface area contributed by atoms with Crippen LogP contribution in [0.3, 0.4) is 0 Å². The van der Waals surface area contributed by atoms with E-state index < -0.39 is 12.0 Å². The van der Waals surface area contributed by atoms with Crippen molar-refractivity contribution in [1.82, 2.24) is 5.32 Å². The monoisotopic (exact) mass is 357 g/mol. The Morgan fingerprint density at radius 3 is 2.35 bits per heavy atom. The zero-order valence-electron chi connectivity index (χ0n) is 15.0. The number of carbonyl (C=O) groups excluding carboxylic acids is 1. The molecule has 0 aromatic heterocycles. The fourth-order valence-corrected chi connectivity index (χ4v) is 3.00. The molecular weight excluding hydrogens is 330 g/mol. The first kappa shape index (κ1) is 19.9. The van der Waals surface area contributed by atoms with Gasteiger partial charge < -0.3 is 15.5 Å². The average molecular weight is 357 g/mol. The lowest BCUT2D eigenvalue weighted by Crippen LogP contribution is -2.42. The molecule has 0 aliphatic carbocycles. The molecule has 0 aliphatic rings. The normalized spacial score (nSPS) is 12.0. The van der Waals surface area contributed by atoms with Gasteiger partial charge in [-0.2, -0.15) is 0 Å². The molecule has 5 nitrogen and oxygen atoms in total. The summed E-state index contributed by atoms with van der Waals surface area (Å²) in [4.78, 5) is 23.5. The molecule has 140 valence electrons. The van der Waals surface area contributed by atoms with Crippen LogP contribution in [0.15, 0.2) is 42.5 Å². The van der Waals surface area contributed by atoms with Gasteiger partial charge in [-0.3, -0.25) is 4.79 Å². The maximum atomic E-state index is 12.0. The largest absolute Gasteiger partial charge is 0.480 e. The Morgan fingerprint density at radius 1 is 0.923 bits per heavy atom. The van der Waals surface area contributed by atoms with Crippen molar-refractivity contribution in [2.75, 3.05) is 6.61 Å². The first-order valence-electron chi connectivity index (χ1n) is 9.21. The molecule has 0 saturated heterocycles. The topological polar surface area (TPSA) is 86.6 Å². The maximum absolute atomic E-state index is 12.0. The summed E-state index contributed by atoms with van der Waals surface area (Å²) in [5.74, 6) is -1.24. The summed E-state index contributed by atoms with van der Waals surface area (Å²) in [7, 11) is 0. The molecule has 0 aliphatic heterocycles. The van der Waals surface area contributed by atoms with Crippen molar-refractivity contribution in [3.63, 3.8) is 0 Å². The van der Waals surface area contributed by atoms with Gasteiger partial charge in [0.05, 0.1) is 0 Å². The number of hydrogen-bond acceptors (Lipinski definition) is 3. The number of hydrogen-bond donors (Lipinski definition) is 3. The summed E-state index contributed by atoms with van der Waals surface area (Å²) in [5.41, 5.74) is 0.889. The summed E-state index contributed by atoms with van der Waals surface area (Å²) in [5, 5.41) is 22.9. The second-order valence-electron chi connectivity index (χ2n) is 6.59. The van der Waals surface area contributed by atoms with Crippen LogP contribution in [0.5, 0.6) is 0 Å². The molecule has 0 saturated carbocycles. The van der Waals surface area contributed by atoms with Crippen molar-refractivity contribution < 1.29 is 19.8 Å². The van der Waals surface area contributed by atoms with E-state index in [0.717, 1.165) is 48.4 Å². The van der Waals surface area contributed by atoms with E-state index in [4.69, 9.17) is 5.11 Å². The lowest BCUT2D eigenvalue weighted by molar-refractivity contribution is -0.141. The maximum Gasteiger partial charge on any atom is 0.326 e. The molecule has 0 bridgehead atoms. The second kappa shape index (κ2) is 10.6. The van der Waals surface area contributed by atoms with Gasteiger partial charge in [-0.15, -0.1) is 0 Å². The van der Waals surface area contributed by atoms with Gasteiger partial charge in [0.2, 0.25) is 5.91 Å². The number of nitrogens with one attached hydrogen (secondary N) is 1. The number of benzene rings is 2. The minimum Gasteiger partial charge on any atom is -0.480 e. The number of carbonyl (C=O) groups is 2. The summed E-state index contributed by atoms with van der Waals surface area (Å²) < 4.78 is 0. The average Bonchev–Trinajstić information content (AvgIpc) is 2.64. The van der Waals surface area contributed by atoms with E-state index >= 15 is 0 Å². The van der Waals surface area contributed by atoms with Crippen LogP contribution in [0.25, 0.3) is 10.8 Å². The molecule has 2 aromatic rings. The van der Waals surface area contributed by atoms with Crippen molar-refractivity contribution in [3.8, 4) is 0 Å². The lowest BCUT2D eigenvalue weighted by Gasteiger charge is -2.15. The Bertz CT molecular complexity index is 729. The standard InChI is InChI=1S/C21H27NO4/c23-13-7-3-1-2-4-10-20(24)22-19(21(25)26)15-16-11-12-17-8-5-6-9-18(17)14-16/h5-6,8-9,11-12,14,19,23H,1-4,7,10,13,15H2,(H,22,24)(H,25,26). The highest BCUT2D eigenvalue weighted by atomic mass is 16.4. The van der Waals surface area contributed by atoms with E-state index in [1.54, 1.807) is 0 Å². The van der Waals surface area contributed by atoms with E-state index in [1.807, 2.05) is 42.5 Å². The van der Waals surface area contributed by atoms with Crippen molar-refractivity contribution in [2.45, 2.75) is 51.0 Å². The van der Waals surface area contributed by atoms with Crippen molar-refractivity contribution in [1.29, 1.82) is 0 Å². The molecule has 1 atom stereocenters. The molecule has 0 fully saturated rings. The molecule has 2 rings (SSSR count). The number of aliphatic hydroxyl groups is 1. The lowest BCUT2D eigenvalue weighted by atomic mass is 10.0. The van der Waals surface area contributed by atoms with E-state index in [2.05, 4.69) is 5.32 Å². The predicted octanol–water partition coefficient (Wildman–Crippen LogP) is 3.28. The van der Waals surface area contributed by atoms with Gasteiger partial charge in [-0.05, 0) is 29.2 Å². The Balaban J connectivity index is 1.85. The zero-order valence-corrected chi connectivity index (χ0v) is 15.0. The first-order valence-corrected chi connectivity index (χ1v) is 9.21. The van der Waals surface area contributed by atoms with Gasteiger partial charge in [0, 0.05) is 19.4 Å². The molecule has 0 heterocycles. The van der Waals surface area contributed by atoms with Gasteiger partial charge in [0.15, 0.2) is 0 Å². The SMILES string of the molecule is O=C(CCCCCCCO)NC(Cc1ccc2ccccc2c1)C(=O)O. The summed E-state index contributed by atoms with van der Waals surface area (Å²) in [6.45, 7) is 0.204. The van der Waals surface area contributed by atoms with Crippen LogP contribution < -0.4 is 5.32 Å². The molecule has 0 radical (unpaired) electrons. The smallest absolute Gasteiger partial charge is 0.326 e. The van der Waals surface area contributed by atoms with E-state index in [0.29, 0.717) is 6.42 Å². The van der Waals surface area contributed by atoms with Crippen LogP contribution in [-0.4, -0.2) is 34.7 Å². The summed E-state index contributed by atoms with van der Waals surface area (Å²) >= 11 is 0.